The van der Waals surface area contributed by atoms with Gasteiger partial charge in [0.05, 0.1) is 18.8 Å². The number of nitriles is 1. The van der Waals surface area contributed by atoms with Gasteiger partial charge >= 0.3 is 0 Å². The van der Waals surface area contributed by atoms with Crippen molar-refractivity contribution in [1.82, 2.24) is 0 Å². The van der Waals surface area contributed by atoms with E-state index in [4.69, 9.17) is 10.00 Å². The Morgan fingerprint density at radius 3 is 2.38 bits per heavy atom. The van der Waals surface area contributed by atoms with Crippen LogP contribution < -0.4 is 0 Å². The van der Waals surface area contributed by atoms with Crippen molar-refractivity contribution in [2.45, 2.75) is 6.92 Å². The van der Waals surface area contributed by atoms with Crippen molar-refractivity contribution in [2.24, 2.45) is 0 Å². The maximum atomic E-state index is 8.71. The lowest BCUT2D eigenvalue weighted by Gasteiger charge is -2.06. The molecule has 0 bridgehead atoms. The molecule has 13 heavy (non-hydrogen) atoms. The van der Waals surface area contributed by atoms with Gasteiger partial charge < -0.3 is 4.74 Å². The molecule has 0 N–H and O–H groups in total. The smallest absolute Gasteiger partial charge is 0.139 e. The Balaban J connectivity index is 3.14. The van der Waals surface area contributed by atoms with Crippen LogP contribution in [-0.2, 0) is 4.74 Å². The van der Waals surface area contributed by atoms with Crippen LogP contribution in [-0.4, -0.2) is 7.11 Å². The number of benzene rings is 1. The van der Waals surface area contributed by atoms with Crippen LogP contribution in [0.2, 0.25) is 0 Å². The van der Waals surface area contributed by atoms with Crippen molar-refractivity contribution < 1.29 is 4.74 Å². The summed E-state index contributed by atoms with van der Waals surface area (Å²) in [5.41, 5.74) is 1.53. The standard InChI is InChI=1S/C11H11NO/c1-9(8-12)11(13-2)10-6-4-3-5-7-10/h3-7H,1-2H3/b11-9+. The largest absolute Gasteiger partial charge is 0.495 e. The van der Waals surface area contributed by atoms with Gasteiger partial charge in [-0.25, -0.2) is 0 Å². The zero-order chi connectivity index (χ0) is 9.68. The van der Waals surface area contributed by atoms with Crippen LogP contribution >= 0.6 is 0 Å². The molecule has 0 spiro atoms. The average molecular weight is 173 g/mol. The molecule has 0 saturated heterocycles. The highest BCUT2D eigenvalue weighted by atomic mass is 16.5. The fraction of sp³-hybridized carbons (Fsp3) is 0.182. The van der Waals surface area contributed by atoms with E-state index in [1.807, 2.05) is 30.3 Å². The van der Waals surface area contributed by atoms with Crippen LogP contribution in [0.15, 0.2) is 35.9 Å². The number of hydrogen-bond donors (Lipinski definition) is 0. The lowest BCUT2D eigenvalue weighted by molar-refractivity contribution is 0.368. The molecule has 1 aromatic rings. The molecule has 0 amide bonds. The SMILES string of the molecule is CO/C(=C(\C)C#N)c1ccccc1. The van der Waals surface area contributed by atoms with E-state index in [0.717, 1.165) is 5.56 Å². The first kappa shape index (κ1) is 9.34. The first-order valence-corrected chi connectivity index (χ1v) is 4.00. The van der Waals surface area contributed by atoms with Crippen LogP contribution in [0.3, 0.4) is 0 Å². The lowest BCUT2D eigenvalue weighted by atomic mass is 10.1. The molecule has 66 valence electrons. The van der Waals surface area contributed by atoms with E-state index in [1.54, 1.807) is 14.0 Å². The van der Waals surface area contributed by atoms with E-state index in [2.05, 4.69) is 6.07 Å². The monoisotopic (exact) mass is 173 g/mol. The van der Waals surface area contributed by atoms with E-state index in [-0.39, 0.29) is 0 Å². The van der Waals surface area contributed by atoms with E-state index in [1.165, 1.54) is 0 Å². The fourth-order valence-corrected chi connectivity index (χ4v) is 1.13. The molecule has 2 heteroatoms. The molecule has 0 aliphatic heterocycles. The summed E-state index contributed by atoms with van der Waals surface area (Å²) in [6, 6.07) is 11.7. The Kier molecular flexibility index (Phi) is 3.10. The molecular formula is C11H11NO. The van der Waals surface area contributed by atoms with Gasteiger partial charge in [0.2, 0.25) is 0 Å². The van der Waals surface area contributed by atoms with Crippen LogP contribution in [0.25, 0.3) is 5.76 Å². The normalized spacial score (nSPS) is 11.5. The summed E-state index contributed by atoms with van der Waals surface area (Å²) in [6.07, 6.45) is 0. The van der Waals surface area contributed by atoms with Crippen molar-refractivity contribution in [1.29, 1.82) is 5.26 Å². The molecule has 0 aliphatic carbocycles. The highest BCUT2D eigenvalue weighted by Gasteiger charge is 2.03. The van der Waals surface area contributed by atoms with Crippen molar-refractivity contribution in [3.63, 3.8) is 0 Å². The zero-order valence-corrected chi connectivity index (χ0v) is 7.74. The fourth-order valence-electron chi connectivity index (χ4n) is 1.13. The van der Waals surface area contributed by atoms with Crippen molar-refractivity contribution in [3.05, 3.63) is 41.5 Å². The van der Waals surface area contributed by atoms with Gasteiger partial charge in [-0.1, -0.05) is 30.3 Å². The minimum atomic E-state index is 0.591. The molecule has 0 unspecified atom stereocenters. The zero-order valence-electron chi connectivity index (χ0n) is 7.74. The number of nitrogens with zero attached hydrogens (tertiary/aromatic N) is 1. The second kappa shape index (κ2) is 4.32. The molecule has 0 aromatic heterocycles. The number of hydrogen-bond acceptors (Lipinski definition) is 2. The summed E-state index contributed by atoms with van der Waals surface area (Å²) < 4.78 is 5.15. The second-order valence-electron chi connectivity index (χ2n) is 2.64. The Morgan fingerprint density at radius 2 is 1.92 bits per heavy atom. The third-order valence-electron chi connectivity index (χ3n) is 1.75. The summed E-state index contributed by atoms with van der Waals surface area (Å²) >= 11 is 0. The summed E-state index contributed by atoms with van der Waals surface area (Å²) in [5, 5.41) is 8.71. The van der Waals surface area contributed by atoms with Gasteiger partial charge in [-0.2, -0.15) is 5.26 Å². The maximum Gasteiger partial charge on any atom is 0.139 e. The van der Waals surface area contributed by atoms with E-state index >= 15 is 0 Å². The Labute approximate surface area is 78.1 Å². The highest BCUT2D eigenvalue weighted by molar-refractivity contribution is 5.65. The second-order valence-corrected chi connectivity index (χ2v) is 2.64. The third kappa shape index (κ3) is 2.09. The third-order valence-corrected chi connectivity index (χ3v) is 1.75. The van der Waals surface area contributed by atoms with Gasteiger partial charge in [-0.3, -0.25) is 0 Å². The number of allylic oxidation sites excluding steroid dienone is 1. The Bertz CT molecular complexity index is 346. The number of rotatable bonds is 2. The first-order chi connectivity index (χ1) is 6.29. The van der Waals surface area contributed by atoms with Gasteiger partial charge in [-0.05, 0) is 6.92 Å². The van der Waals surface area contributed by atoms with Gasteiger partial charge in [0, 0.05) is 5.56 Å². The van der Waals surface area contributed by atoms with Crippen molar-refractivity contribution in [3.8, 4) is 6.07 Å². The van der Waals surface area contributed by atoms with E-state index < -0.39 is 0 Å². The van der Waals surface area contributed by atoms with Gasteiger partial charge in [0.15, 0.2) is 0 Å². The summed E-state index contributed by atoms with van der Waals surface area (Å²) in [7, 11) is 1.57. The molecule has 0 atom stereocenters. The predicted molar refractivity (Wildman–Crippen MR) is 51.7 cm³/mol. The minimum absolute atomic E-state index is 0.591. The molecule has 0 saturated carbocycles. The quantitative estimate of drug-likeness (QED) is 0.508. The van der Waals surface area contributed by atoms with Gasteiger partial charge in [0.1, 0.15) is 5.76 Å². The van der Waals surface area contributed by atoms with E-state index in [9.17, 15) is 0 Å². The van der Waals surface area contributed by atoms with E-state index in [0.29, 0.717) is 11.3 Å². The highest BCUT2D eigenvalue weighted by Crippen LogP contribution is 2.18. The molecule has 1 rings (SSSR count). The minimum Gasteiger partial charge on any atom is -0.495 e. The lowest BCUT2D eigenvalue weighted by Crippen LogP contribution is -1.89. The Morgan fingerprint density at radius 1 is 1.31 bits per heavy atom. The molecule has 0 radical (unpaired) electrons. The molecule has 1 aromatic carbocycles. The molecule has 0 fully saturated rings. The summed E-state index contributed by atoms with van der Waals surface area (Å²) in [6.45, 7) is 1.74. The maximum absolute atomic E-state index is 8.71. The average Bonchev–Trinajstić information content (AvgIpc) is 2.20. The topological polar surface area (TPSA) is 33.0 Å². The summed E-state index contributed by atoms with van der Waals surface area (Å²) in [4.78, 5) is 0. The van der Waals surface area contributed by atoms with Crippen molar-refractivity contribution >= 4 is 5.76 Å². The number of ether oxygens (including phenoxy) is 1. The molecule has 2 nitrogen and oxygen atoms in total. The first-order valence-electron chi connectivity index (χ1n) is 4.00. The van der Waals surface area contributed by atoms with Gasteiger partial charge in [-0.15, -0.1) is 0 Å². The molecule has 0 aliphatic rings. The van der Waals surface area contributed by atoms with Gasteiger partial charge in [0.25, 0.3) is 0 Å². The van der Waals surface area contributed by atoms with Crippen LogP contribution in [0.1, 0.15) is 12.5 Å². The molecule has 0 heterocycles. The van der Waals surface area contributed by atoms with Crippen LogP contribution in [0.5, 0.6) is 0 Å². The predicted octanol–water partition coefficient (Wildman–Crippen LogP) is 2.59. The van der Waals surface area contributed by atoms with Crippen LogP contribution in [0, 0.1) is 11.3 Å². The molecular weight excluding hydrogens is 162 g/mol. The van der Waals surface area contributed by atoms with Crippen molar-refractivity contribution in [2.75, 3.05) is 7.11 Å². The summed E-state index contributed by atoms with van der Waals surface area (Å²) in [5.74, 6) is 0.642. The Hall–Kier alpha value is -1.75. The number of methoxy groups -OCH3 is 1. The van der Waals surface area contributed by atoms with Crippen LogP contribution in [0.4, 0.5) is 0 Å².